The number of rotatable bonds is 5. The standard InChI is InChI=1S/C12H14BrClFNO2/c1-3-18-11(17)4-7(2)16-12-9(13)5-8(15)6-10(12)14/h5-7,16H,3-4H2,1-2H3. The molecule has 0 bridgehead atoms. The minimum absolute atomic E-state index is 0.164. The van der Waals surface area contributed by atoms with Gasteiger partial charge < -0.3 is 10.1 Å². The van der Waals surface area contributed by atoms with Crippen LogP contribution in [0.5, 0.6) is 0 Å². The highest BCUT2D eigenvalue weighted by atomic mass is 79.9. The summed E-state index contributed by atoms with van der Waals surface area (Å²) < 4.78 is 18.4. The van der Waals surface area contributed by atoms with Gasteiger partial charge in [-0.05, 0) is 41.9 Å². The zero-order chi connectivity index (χ0) is 13.7. The third-order valence-electron chi connectivity index (χ3n) is 2.18. The normalized spacial score (nSPS) is 12.1. The first-order valence-electron chi connectivity index (χ1n) is 5.50. The third kappa shape index (κ3) is 4.46. The van der Waals surface area contributed by atoms with E-state index in [2.05, 4.69) is 21.2 Å². The van der Waals surface area contributed by atoms with Gasteiger partial charge in [0, 0.05) is 10.5 Å². The van der Waals surface area contributed by atoms with Crippen LogP contribution in [-0.2, 0) is 9.53 Å². The van der Waals surface area contributed by atoms with Crippen molar-refractivity contribution in [2.75, 3.05) is 11.9 Å². The maximum absolute atomic E-state index is 13.0. The Labute approximate surface area is 119 Å². The average molecular weight is 339 g/mol. The molecular formula is C12H14BrClFNO2. The number of ether oxygens (including phenoxy) is 1. The van der Waals surface area contributed by atoms with Gasteiger partial charge >= 0.3 is 5.97 Å². The van der Waals surface area contributed by atoms with Crippen molar-refractivity contribution in [2.24, 2.45) is 0 Å². The molecule has 0 aromatic heterocycles. The zero-order valence-electron chi connectivity index (χ0n) is 10.1. The number of carbonyl (C=O) groups excluding carboxylic acids is 1. The average Bonchev–Trinajstić information content (AvgIpc) is 2.23. The first kappa shape index (κ1) is 15.2. The monoisotopic (exact) mass is 337 g/mol. The molecular weight excluding hydrogens is 324 g/mol. The predicted molar refractivity (Wildman–Crippen MR) is 73.4 cm³/mol. The summed E-state index contributed by atoms with van der Waals surface area (Å²) >= 11 is 9.15. The van der Waals surface area contributed by atoms with Crippen molar-refractivity contribution < 1.29 is 13.9 Å². The molecule has 3 nitrogen and oxygen atoms in total. The number of carbonyl (C=O) groups is 1. The molecule has 0 radical (unpaired) electrons. The summed E-state index contributed by atoms with van der Waals surface area (Å²) in [6.07, 6.45) is 0.216. The Morgan fingerprint density at radius 2 is 2.28 bits per heavy atom. The zero-order valence-corrected chi connectivity index (χ0v) is 12.4. The SMILES string of the molecule is CCOC(=O)CC(C)Nc1c(Cl)cc(F)cc1Br. The van der Waals surface area contributed by atoms with Gasteiger partial charge in [-0.1, -0.05) is 11.6 Å². The number of esters is 1. The van der Waals surface area contributed by atoms with Gasteiger partial charge in [0.15, 0.2) is 0 Å². The van der Waals surface area contributed by atoms with E-state index >= 15 is 0 Å². The van der Waals surface area contributed by atoms with Gasteiger partial charge in [0.05, 0.1) is 23.7 Å². The van der Waals surface area contributed by atoms with E-state index in [-0.39, 0.29) is 23.5 Å². The Morgan fingerprint density at radius 1 is 1.61 bits per heavy atom. The molecule has 1 aromatic rings. The first-order chi connectivity index (χ1) is 8.43. The van der Waals surface area contributed by atoms with Crippen molar-refractivity contribution in [1.82, 2.24) is 0 Å². The highest BCUT2D eigenvalue weighted by Gasteiger charge is 2.14. The number of anilines is 1. The smallest absolute Gasteiger partial charge is 0.307 e. The quantitative estimate of drug-likeness (QED) is 0.825. The number of hydrogen-bond acceptors (Lipinski definition) is 3. The Bertz CT molecular complexity index is 419. The van der Waals surface area contributed by atoms with E-state index in [4.69, 9.17) is 16.3 Å². The molecule has 1 N–H and O–H groups in total. The highest BCUT2D eigenvalue weighted by Crippen LogP contribution is 2.32. The molecule has 0 saturated carbocycles. The summed E-state index contributed by atoms with van der Waals surface area (Å²) in [5.74, 6) is -0.706. The number of halogens is 3. The Balaban J connectivity index is 2.70. The van der Waals surface area contributed by atoms with Crippen LogP contribution in [0.3, 0.4) is 0 Å². The van der Waals surface area contributed by atoms with E-state index in [1.165, 1.54) is 12.1 Å². The summed E-state index contributed by atoms with van der Waals surface area (Å²) in [5.41, 5.74) is 0.565. The van der Waals surface area contributed by atoms with E-state index < -0.39 is 5.82 Å². The van der Waals surface area contributed by atoms with Gasteiger partial charge in [0.1, 0.15) is 5.82 Å². The van der Waals surface area contributed by atoms with Crippen LogP contribution in [0, 0.1) is 5.82 Å². The lowest BCUT2D eigenvalue weighted by atomic mass is 10.2. The fraction of sp³-hybridized carbons (Fsp3) is 0.417. The summed E-state index contributed by atoms with van der Waals surface area (Å²) in [7, 11) is 0. The van der Waals surface area contributed by atoms with Crippen molar-refractivity contribution >= 4 is 39.2 Å². The molecule has 0 spiro atoms. The Morgan fingerprint density at radius 3 is 2.83 bits per heavy atom. The predicted octanol–water partition coefficient (Wildman–Crippen LogP) is 4.00. The molecule has 18 heavy (non-hydrogen) atoms. The molecule has 0 saturated heterocycles. The van der Waals surface area contributed by atoms with Crippen molar-refractivity contribution in [1.29, 1.82) is 0 Å². The summed E-state index contributed by atoms with van der Waals surface area (Å²) in [6.45, 7) is 3.93. The number of hydrogen-bond donors (Lipinski definition) is 1. The molecule has 0 aliphatic rings. The van der Waals surface area contributed by atoms with Crippen LogP contribution >= 0.6 is 27.5 Å². The largest absolute Gasteiger partial charge is 0.466 e. The van der Waals surface area contributed by atoms with E-state index in [0.29, 0.717) is 16.8 Å². The summed E-state index contributed by atoms with van der Waals surface area (Å²) in [4.78, 5) is 11.3. The lowest BCUT2D eigenvalue weighted by Gasteiger charge is -2.17. The van der Waals surface area contributed by atoms with E-state index in [1.807, 2.05) is 6.92 Å². The van der Waals surface area contributed by atoms with Crippen LogP contribution in [0.4, 0.5) is 10.1 Å². The second-order valence-electron chi connectivity index (χ2n) is 3.80. The minimum atomic E-state index is -0.421. The van der Waals surface area contributed by atoms with Crippen LogP contribution in [-0.4, -0.2) is 18.6 Å². The molecule has 0 fully saturated rings. The topological polar surface area (TPSA) is 38.3 Å². The molecule has 0 aliphatic carbocycles. The molecule has 1 aromatic carbocycles. The van der Waals surface area contributed by atoms with E-state index in [9.17, 15) is 9.18 Å². The Hall–Kier alpha value is -0.810. The van der Waals surface area contributed by atoms with Crippen molar-refractivity contribution in [2.45, 2.75) is 26.3 Å². The lowest BCUT2D eigenvalue weighted by Crippen LogP contribution is -2.21. The third-order valence-corrected chi connectivity index (χ3v) is 3.10. The van der Waals surface area contributed by atoms with Crippen molar-refractivity contribution in [3.05, 3.63) is 27.4 Å². The second kappa shape index (κ2) is 6.95. The van der Waals surface area contributed by atoms with Crippen LogP contribution in [0.2, 0.25) is 5.02 Å². The van der Waals surface area contributed by atoms with E-state index in [0.717, 1.165) is 0 Å². The van der Waals surface area contributed by atoms with Crippen LogP contribution in [0.1, 0.15) is 20.3 Å². The molecule has 100 valence electrons. The van der Waals surface area contributed by atoms with Gasteiger partial charge in [0.2, 0.25) is 0 Å². The number of nitrogens with one attached hydrogen (secondary N) is 1. The fourth-order valence-electron chi connectivity index (χ4n) is 1.45. The van der Waals surface area contributed by atoms with Gasteiger partial charge in [-0.2, -0.15) is 0 Å². The molecule has 6 heteroatoms. The van der Waals surface area contributed by atoms with Gasteiger partial charge in [-0.25, -0.2) is 4.39 Å². The highest BCUT2D eigenvalue weighted by molar-refractivity contribution is 9.10. The van der Waals surface area contributed by atoms with Crippen molar-refractivity contribution in [3.8, 4) is 0 Å². The van der Waals surface area contributed by atoms with Crippen LogP contribution in [0.15, 0.2) is 16.6 Å². The maximum atomic E-state index is 13.0. The molecule has 1 atom stereocenters. The van der Waals surface area contributed by atoms with Crippen LogP contribution in [0.25, 0.3) is 0 Å². The molecule has 0 heterocycles. The molecule has 0 aliphatic heterocycles. The second-order valence-corrected chi connectivity index (χ2v) is 5.06. The van der Waals surface area contributed by atoms with Gasteiger partial charge in [-0.3, -0.25) is 4.79 Å². The van der Waals surface area contributed by atoms with E-state index in [1.54, 1.807) is 6.92 Å². The summed E-state index contributed by atoms with van der Waals surface area (Å²) in [5, 5.41) is 3.31. The maximum Gasteiger partial charge on any atom is 0.307 e. The number of benzene rings is 1. The fourth-order valence-corrected chi connectivity index (χ4v) is 2.37. The Kier molecular flexibility index (Phi) is 5.88. The van der Waals surface area contributed by atoms with Gasteiger partial charge in [0.25, 0.3) is 0 Å². The lowest BCUT2D eigenvalue weighted by molar-refractivity contribution is -0.143. The van der Waals surface area contributed by atoms with Crippen LogP contribution < -0.4 is 5.32 Å². The molecule has 1 unspecified atom stereocenters. The minimum Gasteiger partial charge on any atom is -0.466 e. The first-order valence-corrected chi connectivity index (χ1v) is 6.67. The molecule has 0 amide bonds. The summed E-state index contributed by atoms with van der Waals surface area (Å²) in [6, 6.07) is 2.36. The van der Waals surface area contributed by atoms with Gasteiger partial charge in [-0.15, -0.1) is 0 Å². The van der Waals surface area contributed by atoms with Crippen molar-refractivity contribution in [3.63, 3.8) is 0 Å². The molecule has 1 rings (SSSR count).